The lowest BCUT2D eigenvalue weighted by atomic mass is 9.77. The number of likely N-dealkylation sites (tertiary alicyclic amines) is 1. The summed E-state index contributed by atoms with van der Waals surface area (Å²) in [5, 5.41) is 12.1. The van der Waals surface area contributed by atoms with Crippen LogP contribution < -0.4 is 4.74 Å². The Morgan fingerprint density at radius 1 is 0.674 bits per heavy atom. The molecule has 1 heterocycles. The van der Waals surface area contributed by atoms with Gasteiger partial charge in [-0.25, -0.2) is 0 Å². The summed E-state index contributed by atoms with van der Waals surface area (Å²) in [4.78, 5) is 2.36. The van der Waals surface area contributed by atoms with Gasteiger partial charge in [0.2, 0.25) is 0 Å². The smallest absolute Gasteiger partial charge is 0.144 e. The van der Waals surface area contributed by atoms with Gasteiger partial charge in [0.05, 0.1) is 19.3 Å². The molecule has 4 unspecified atom stereocenters. The predicted octanol–water partition coefficient (Wildman–Crippen LogP) is 7.42. The molecule has 0 aromatic heterocycles. The molecule has 4 nitrogen and oxygen atoms in total. The number of aliphatic hydroxyl groups is 1. The SMILES string of the molecule is COc1ccc(C2C(OC(c3ccccc3)(c3ccccc3)c3ccccc3)CN(Cc3ccccc3)C(C)C2O)cc1. The Bertz CT molecular complexity index is 1460. The highest BCUT2D eigenvalue weighted by atomic mass is 16.5. The van der Waals surface area contributed by atoms with Gasteiger partial charge in [0.1, 0.15) is 11.4 Å². The molecule has 0 spiro atoms. The lowest BCUT2D eigenvalue weighted by Gasteiger charge is -2.49. The Kier molecular flexibility index (Phi) is 8.71. The van der Waals surface area contributed by atoms with Gasteiger partial charge in [-0.3, -0.25) is 4.90 Å². The first-order chi connectivity index (χ1) is 21.1. The highest BCUT2D eigenvalue weighted by Crippen LogP contribution is 2.45. The third kappa shape index (κ3) is 5.87. The molecule has 0 saturated carbocycles. The van der Waals surface area contributed by atoms with Crippen LogP contribution in [0, 0.1) is 0 Å². The van der Waals surface area contributed by atoms with E-state index in [0.717, 1.165) is 34.5 Å². The van der Waals surface area contributed by atoms with Crippen LogP contribution in [-0.4, -0.2) is 41.9 Å². The molecular formula is C39H39NO3. The maximum atomic E-state index is 12.1. The van der Waals surface area contributed by atoms with E-state index in [-0.39, 0.29) is 18.1 Å². The minimum atomic E-state index is -0.905. The van der Waals surface area contributed by atoms with Gasteiger partial charge < -0.3 is 14.6 Å². The van der Waals surface area contributed by atoms with Gasteiger partial charge in [-0.05, 0) is 46.9 Å². The van der Waals surface area contributed by atoms with Crippen LogP contribution >= 0.6 is 0 Å². The second-order valence-corrected chi connectivity index (χ2v) is 11.4. The monoisotopic (exact) mass is 569 g/mol. The van der Waals surface area contributed by atoms with Gasteiger partial charge >= 0.3 is 0 Å². The van der Waals surface area contributed by atoms with E-state index in [1.807, 2.05) is 36.4 Å². The molecule has 5 aromatic rings. The van der Waals surface area contributed by atoms with Gasteiger partial charge in [-0.15, -0.1) is 0 Å². The number of piperidine rings is 1. The molecule has 1 aliphatic heterocycles. The lowest BCUT2D eigenvalue weighted by Crippen LogP contribution is -2.58. The molecule has 0 bridgehead atoms. The van der Waals surface area contributed by atoms with Crippen molar-refractivity contribution in [1.82, 2.24) is 4.90 Å². The molecule has 0 aliphatic carbocycles. The summed E-state index contributed by atoms with van der Waals surface area (Å²) in [6.07, 6.45) is -1.00. The Labute approximate surface area is 255 Å². The number of rotatable bonds is 9. The quantitative estimate of drug-likeness (QED) is 0.188. The highest BCUT2D eigenvalue weighted by molar-refractivity contribution is 5.48. The number of hydrogen-bond acceptors (Lipinski definition) is 4. The molecule has 1 aliphatic rings. The first-order valence-electron chi connectivity index (χ1n) is 15.0. The molecule has 4 atom stereocenters. The van der Waals surface area contributed by atoms with Crippen LogP contribution in [0.25, 0.3) is 0 Å². The van der Waals surface area contributed by atoms with Gasteiger partial charge in [-0.2, -0.15) is 0 Å². The zero-order chi connectivity index (χ0) is 29.6. The van der Waals surface area contributed by atoms with Crippen molar-refractivity contribution in [2.75, 3.05) is 13.7 Å². The molecule has 0 amide bonds. The first kappa shape index (κ1) is 28.9. The Morgan fingerprint density at radius 3 is 1.60 bits per heavy atom. The number of methoxy groups -OCH3 is 1. The van der Waals surface area contributed by atoms with Crippen LogP contribution in [0.5, 0.6) is 5.75 Å². The standard InChI is InChI=1S/C39H39NO3/c1-29-38(41)37(31-23-25-35(42-2)26-24-31)36(28-40(29)27-30-15-7-3-8-16-30)43-39(32-17-9-4-10-18-32,33-19-11-5-12-20-33)34-21-13-6-14-22-34/h3-26,29,36-38,41H,27-28H2,1-2H3. The summed E-state index contributed by atoms with van der Waals surface area (Å²) >= 11 is 0. The number of nitrogens with zero attached hydrogens (tertiary/aromatic N) is 1. The number of ether oxygens (including phenoxy) is 2. The van der Waals surface area contributed by atoms with Crippen molar-refractivity contribution in [3.05, 3.63) is 173 Å². The van der Waals surface area contributed by atoms with Crippen LogP contribution in [0.2, 0.25) is 0 Å². The van der Waals surface area contributed by atoms with Crippen molar-refractivity contribution in [1.29, 1.82) is 0 Å². The zero-order valence-electron chi connectivity index (χ0n) is 24.8. The maximum absolute atomic E-state index is 12.1. The normalized spacial score (nSPS) is 20.9. The third-order valence-corrected chi connectivity index (χ3v) is 8.85. The van der Waals surface area contributed by atoms with Crippen molar-refractivity contribution < 1.29 is 14.6 Å². The topological polar surface area (TPSA) is 41.9 Å². The number of benzene rings is 5. The molecule has 5 aromatic carbocycles. The summed E-state index contributed by atoms with van der Waals surface area (Å²) in [6, 6.07) is 49.9. The molecular weight excluding hydrogens is 530 g/mol. The lowest BCUT2D eigenvalue weighted by molar-refractivity contribution is -0.133. The predicted molar refractivity (Wildman–Crippen MR) is 172 cm³/mol. The number of hydrogen-bond donors (Lipinski definition) is 1. The fourth-order valence-corrected chi connectivity index (χ4v) is 6.57. The average Bonchev–Trinajstić information content (AvgIpc) is 3.08. The Balaban J connectivity index is 1.51. The summed E-state index contributed by atoms with van der Waals surface area (Å²) in [7, 11) is 1.67. The van der Waals surface area contributed by atoms with E-state index < -0.39 is 11.7 Å². The molecule has 0 radical (unpaired) electrons. The van der Waals surface area contributed by atoms with Crippen LogP contribution in [-0.2, 0) is 16.9 Å². The van der Waals surface area contributed by atoms with Gasteiger partial charge in [0.15, 0.2) is 0 Å². The molecule has 218 valence electrons. The van der Waals surface area contributed by atoms with E-state index in [2.05, 4.69) is 121 Å². The van der Waals surface area contributed by atoms with Crippen LogP contribution in [0.15, 0.2) is 146 Å². The van der Waals surface area contributed by atoms with Crippen molar-refractivity contribution >= 4 is 0 Å². The van der Waals surface area contributed by atoms with E-state index in [1.54, 1.807) is 7.11 Å². The third-order valence-electron chi connectivity index (χ3n) is 8.85. The number of aliphatic hydroxyl groups excluding tert-OH is 1. The molecule has 6 rings (SSSR count). The second-order valence-electron chi connectivity index (χ2n) is 11.4. The van der Waals surface area contributed by atoms with E-state index in [1.165, 1.54) is 5.56 Å². The van der Waals surface area contributed by atoms with Gasteiger partial charge in [0.25, 0.3) is 0 Å². The van der Waals surface area contributed by atoms with Crippen molar-refractivity contribution in [3.8, 4) is 5.75 Å². The highest BCUT2D eigenvalue weighted by Gasteiger charge is 2.48. The van der Waals surface area contributed by atoms with E-state index in [0.29, 0.717) is 6.54 Å². The largest absolute Gasteiger partial charge is 0.497 e. The summed E-state index contributed by atoms with van der Waals surface area (Å²) in [5.74, 6) is 0.529. The second kappa shape index (κ2) is 13.0. The molecule has 43 heavy (non-hydrogen) atoms. The van der Waals surface area contributed by atoms with E-state index in [4.69, 9.17) is 9.47 Å². The van der Waals surface area contributed by atoms with Crippen molar-refractivity contribution in [2.24, 2.45) is 0 Å². The van der Waals surface area contributed by atoms with Crippen LogP contribution in [0.3, 0.4) is 0 Å². The molecule has 4 heteroatoms. The zero-order valence-corrected chi connectivity index (χ0v) is 24.8. The van der Waals surface area contributed by atoms with Gasteiger partial charge in [0, 0.05) is 25.0 Å². The van der Waals surface area contributed by atoms with Crippen molar-refractivity contribution in [2.45, 2.75) is 43.2 Å². The van der Waals surface area contributed by atoms with E-state index >= 15 is 0 Å². The Morgan fingerprint density at radius 2 is 1.14 bits per heavy atom. The fourth-order valence-electron chi connectivity index (χ4n) is 6.57. The summed E-state index contributed by atoms with van der Waals surface area (Å²) < 4.78 is 13.1. The molecule has 1 saturated heterocycles. The maximum Gasteiger partial charge on any atom is 0.144 e. The van der Waals surface area contributed by atoms with Gasteiger partial charge in [-0.1, -0.05) is 133 Å². The fraction of sp³-hybridized carbons (Fsp3) is 0.231. The summed E-state index contributed by atoms with van der Waals surface area (Å²) in [6.45, 7) is 3.50. The summed E-state index contributed by atoms with van der Waals surface area (Å²) in [5.41, 5.74) is 4.48. The minimum absolute atomic E-state index is 0.0771. The van der Waals surface area contributed by atoms with E-state index in [9.17, 15) is 5.11 Å². The minimum Gasteiger partial charge on any atom is -0.497 e. The molecule has 1 N–H and O–H groups in total. The van der Waals surface area contributed by atoms with Crippen LogP contribution in [0.1, 0.15) is 40.7 Å². The first-order valence-corrected chi connectivity index (χ1v) is 15.0. The Hall–Kier alpha value is -4.22. The average molecular weight is 570 g/mol. The van der Waals surface area contributed by atoms with Crippen molar-refractivity contribution in [3.63, 3.8) is 0 Å². The molecule has 1 fully saturated rings. The van der Waals surface area contributed by atoms with Crippen LogP contribution in [0.4, 0.5) is 0 Å².